The summed E-state index contributed by atoms with van der Waals surface area (Å²) < 4.78 is 26.3. The van der Waals surface area contributed by atoms with Gasteiger partial charge in [-0.05, 0) is 47.5 Å². The average Bonchev–Trinajstić information content (AvgIpc) is 2.72. The minimum atomic E-state index is -0.465. The number of allylic oxidation sites excluding steroid dienone is 1. The summed E-state index contributed by atoms with van der Waals surface area (Å²) in [6.07, 6.45) is 1.56. The van der Waals surface area contributed by atoms with Crippen LogP contribution in [0.3, 0.4) is 0 Å². The third-order valence-electron chi connectivity index (χ3n) is 4.14. The summed E-state index contributed by atoms with van der Waals surface area (Å²) in [7, 11) is 1.51. The van der Waals surface area contributed by atoms with Gasteiger partial charge in [0.1, 0.15) is 12.4 Å². The molecular formula is C23H16BrClFNO2. The molecule has 0 N–H and O–H groups in total. The Kier molecular flexibility index (Phi) is 6.92. The lowest BCUT2D eigenvalue weighted by atomic mass is 10.0. The summed E-state index contributed by atoms with van der Waals surface area (Å²) in [5, 5.41) is 9.80. The van der Waals surface area contributed by atoms with Crippen LogP contribution in [0.1, 0.15) is 16.7 Å². The van der Waals surface area contributed by atoms with Crippen molar-refractivity contribution in [3.8, 4) is 17.6 Å². The smallest absolute Gasteiger partial charge is 0.180 e. The fraction of sp³-hybridized carbons (Fsp3) is 0.0870. The molecule has 0 saturated carbocycles. The van der Waals surface area contributed by atoms with E-state index in [1.807, 2.05) is 30.3 Å². The van der Waals surface area contributed by atoms with Gasteiger partial charge in [0.25, 0.3) is 0 Å². The SMILES string of the molecule is COc1cc(C=C(C#N)c2ccccc2F)cc(Cl)c1OCc1ccc(Br)cc1. The van der Waals surface area contributed by atoms with Crippen LogP contribution in [-0.4, -0.2) is 7.11 Å². The van der Waals surface area contributed by atoms with Gasteiger partial charge in [0.15, 0.2) is 11.5 Å². The van der Waals surface area contributed by atoms with Crippen LogP contribution in [0.25, 0.3) is 11.6 Å². The minimum absolute atomic E-state index is 0.185. The van der Waals surface area contributed by atoms with Crippen molar-refractivity contribution in [3.63, 3.8) is 0 Å². The Morgan fingerprint density at radius 3 is 2.55 bits per heavy atom. The molecule has 0 aliphatic heterocycles. The molecule has 3 aromatic rings. The molecule has 3 aromatic carbocycles. The molecule has 0 bridgehead atoms. The van der Waals surface area contributed by atoms with Gasteiger partial charge < -0.3 is 9.47 Å². The third kappa shape index (κ3) is 5.17. The van der Waals surface area contributed by atoms with E-state index in [1.54, 1.807) is 36.4 Å². The van der Waals surface area contributed by atoms with Crippen molar-refractivity contribution < 1.29 is 13.9 Å². The standard InChI is InChI=1S/C23H16BrClFNO2/c1-28-22-12-16(10-17(13-27)19-4-2-3-5-21(19)26)11-20(25)23(22)29-14-15-6-8-18(24)9-7-15/h2-12H,14H2,1H3. The van der Waals surface area contributed by atoms with Crippen molar-refractivity contribution in [1.82, 2.24) is 0 Å². The number of hydrogen-bond donors (Lipinski definition) is 0. The highest BCUT2D eigenvalue weighted by Crippen LogP contribution is 2.38. The molecule has 3 nitrogen and oxygen atoms in total. The van der Waals surface area contributed by atoms with Crippen LogP contribution in [0, 0.1) is 17.1 Å². The van der Waals surface area contributed by atoms with E-state index in [4.69, 9.17) is 21.1 Å². The van der Waals surface area contributed by atoms with Crippen molar-refractivity contribution in [1.29, 1.82) is 5.26 Å². The molecule has 6 heteroatoms. The zero-order valence-corrected chi connectivity index (χ0v) is 17.8. The number of hydrogen-bond acceptors (Lipinski definition) is 3. The average molecular weight is 473 g/mol. The highest BCUT2D eigenvalue weighted by atomic mass is 79.9. The molecule has 0 fully saturated rings. The predicted molar refractivity (Wildman–Crippen MR) is 116 cm³/mol. The molecule has 0 amide bonds. The van der Waals surface area contributed by atoms with E-state index in [2.05, 4.69) is 15.9 Å². The Balaban J connectivity index is 1.90. The summed E-state index contributed by atoms with van der Waals surface area (Å²) in [5.74, 6) is 0.359. The van der Waals surface area contributed by atoms with Crippen molar-refractivity contribution in [2.75, 3.05) is 7.11 Å². The molecule has 0 atom stereocenters. The van der Waals surface area contributed by atoms with Gasteiger partial charge in [0, 0.05) is 10.0 Å². The highest BCUT2D eigenvalue weighted by Gasteiger charge is 2.13. The maximum Gasteiger partial charge on any atom is 0.180 e. The summed E-state index contributed by atoms with van der Waals surface area (Å²) >= 11 is 9.81. The topological polar surface area (TPSA) is 42.2 Å². The van der Waals surface area contributed by atoms with Crippen LogP contribution in [0.5, 0.6) is 11.5 Å². The Bertz CT molecular complexity index is 1090. The van der Waals surface area contributed by atoms with Gasteiger partial charge in [0.05, 0.1) is 23.8 Å². The van der Waals surface area contributed by atoms with Gasteiger partial charge in [-0.1, -0.05) is 57.9 Å². The maximum absolute atomic E-state index is 14.0. The van der Waals surface area contributed by atoms with Crippen LogP contribution in [0.4, 0.5) is 4.39 Å². The second-order valence-corrected chi connectivity index (χ2v) is 7.42. The molecule has 29 heavy (non-hydrogen) atoms. The molecule has 0 aliphatic rings. The number of nitrogens with zero attached hydrogens (tertiary/aromatic N) is 1. The van der Waals surface area contributed by atoms with Crippen molar-refractivity contribution in [2.45, 2.75) is 6.61 Å². The first-order valence-electron chi connectivity index (χ1n) is 8.63. The number of nitriles is 1. The molecule has 0 aromatic heterocycles. The quantitative estimate of drug-likeness (QED) is 0.290. The Morgan fingerprint density at radius 1 is 1.17 bits per heavy atom. The van der Waals surface area contributed by atoms with Gasteiger partial charge in [-0.3, -0.25) is 0 Å². The predicted octanol–water partition coefficient (Wildman–Crippen LogP) is 6.89. The first kappa shape index (κ1) is 20.9. The number of benzene rings is 3. The number of ether oxygens (including phenoxy) is 2. The normalized spacial score (nSPS) is 11.1. The van der Waals surface area contributed by atoms with Crippen LogP contribution in [0.15, 0.2) is 65.1 Å². The van der Waals surface area contributed by atoms with E-state index in [1.165, 1.54) is 13.2 Å². The molecule has 0 saturated heterocycles. The summed E-state index contributed by atoms with van der Waals surface area (Å²) in [5.41, 5.74) is 1.98. The van der Waals surface area contributed by atoms with Crippen LogP contribution in [-0.2, 0) is 6.61 Å². The lowest BCUT2D eigenvalue weighted by Gasteiger charge is -2.14. The van der Waals surface area contributed by atoms with E-state index in [0.29, 0.717) is 28.7 Å². The minimum Gasteiger partial charge on any atom is -0.493 e. The van der Waals surface area contributed by atoms with E-state index in [0.717, 1.165) is 10.0 Å². The van der Waals surface area contributed by atoms with E-state index >= 15 is 0 Å². The van der Waals surface area contributed by atoms with E-state index in [9.17, 15) is 9.65 Å². The third-order valence-corrected chi connectivity index (χ3v) is 4.95. The highest BCUT2D eigenvalue weighted by molar-refractivity contribution is 9.10. The van der Waals surface area contributed by atoms with E-state index < -0.39 is 5.82 Å². The van der Waals surface area contributed by atoms with Gasteiger partial charge in [-0.25, -0.2) is 4.39 Å². The molecule has 0 unspecified atom stereocenters. The van der Waals surface area contributed by atoms with Crippen LogP contribution >= 0.6 is 27.5 Å². The molecule has 0 spiro atoms. The van der Waals surface area contributed by atoms with Gasteiger partial charge in [-0.2, -0.15) is 5.26 Å². The Labute approximate surface area is 182 Å². The molecule has 0 heterocycles. The van der Waals surface area contributed by atoms with Crippen molar-refractivity contribution >= 4 is 39.2 Å². The molecule has 0 radical (unpaired) electrons. The fourth-order valence-corrected chi connectivity index (χ4v) is 3.25. The molecule has 3 rings (SSSR count). The van der Waals surface area contributed by atoms with Gasteiger partial charge in [-0.15, -0.1) is 0 Å². The zero-order valence-electron chi connectivity index (χ0n) is 15.5. The second kappa shape index (κ2) is 9.60. The van der Waals surface area contributed by atoms with Gasteiger partial charge >= 0.3 is 0 Å². The molecular weight excluding hydrogens is 457 g/mol. The van der Waals surface area contributed by atoms with Crippen molar-refractivity contribution in [2.24, 2.45) is 0 Å². The van der Waals surface area contributed by atoms with E-state index in [-0.39, 0.29) is 11.1 Å². The lowest BCUT2D eigenvalue weighted by molar-refractivity contribution is 0.284. The maximum atomic E-state index is 14.0. The number of halogens is 3. The van der Waals surface area contributed by atoms with Crippen LogP contribution < -0.4 is 9.47 Å². The summed E-state index contributed by atoms with van der Waals surface area (Å²) in [6, 6.07) is 19.2. The summed E-state index contributed by atoms with van der Waals surface area (Å²) in [6.45, 7) is 0.317. The lowest BCUT2D eigenvalue weighted by Crippen LogP contribution is -1.99. The molecule has 146 valence electrons. The van der Waals surface area contributed by atoms with Crippen LogP contribution in [0.2, 0.25) is 5.02 Å². The Morgan fingerprint density at radius 2 is 1.90 bits per heavy atom. The first-order valence-corrected chi connectivity index (χ1v) is 9.80. The van der Waals surface area contributed by atoms with Crippen molar-refractivity contribution in [3.05, 3.63) is 92.7 Å². The number of rotatable bonds is 6. The fourth-order valence-electron chi connectivity index (χ4n) is 2.72. The zero-order chi connectivity index (χ0) is 20.8. The summed E-state index contributed by atoms with van der Waals surface area (Å²) in [4.78, 5) is 0. The first-order chi connectivity index (χ1) is 14.0. The molecule has 0 aliphatic carbocycles. The Hall–Kier alpha value is -2.81. The number of methoxy groups -OCH3 is 1. The van der Waals surface area contributed by atoms with Gasteiger partial charge in [0.2, 0.25) is 0 Å². The largest absolute Gasteiger partial charge is 0.493 e. The monoisotopic (exact) mass is 471 g/mol. The second-order valence-electron chi connectivity index (χ2n) is 6.10.